The molecule has 6 nitrogen and oxygen atoms in total. The Morgan fingerprint density at radius 2 is 1.64 bits per heavy atom. The molecule has 2 aromatic carbocycles. The van der Waals surface area contributed by atoms with Gasteiger partial charge in [0.1, 0.15) is 11.5 Å². The maximum atomic E-state index is 12.2. The van der Waals surface area contributed by atoms with Crippen LogP contribution in [0.15, 0.2) is 60.7 Å². The molecule has 0 saturated heterocycles. The molecule has 1 aromatic heterocycles. The number of aromatic nitrogens is 2. The summed E-state index contributed by atoms with van der Waals surface area (Å²) in [4.78, 5) is 12.2. The number of nitrogen functional groups attached to an aromatic ring is 1. The Labute approximate surface area is 127 Å². The topological polar surface area (TPSA) is 95.8 Å². The number of nitrogens with two attached hydrogens (primary N) is 1. The maximum Gasteiger partial charge on any atom is 0.255 e. The van der Waals surface area contributed by atoms with E-state index in [2.05, 4.69) is 20.8 Å². The summed E-state index contributed by atoms with van der Waals surface area (Å²) in [5.41, 5.74) is 7.68. The first-order chi connectivity index (χ1) is 10.7. The normalized spacial score (nSPS) is 10.2. The number of aromatic amines is 1. The van der Waals surface area contributed by atoms with E-state index < -0.39 is 0 Å². The van der Waals surface area contributed by atoms with E-state index in [-0.39, 0.29) is 5.91 Å². The minimum absolute atomic E-state index is 0.246. The molecule has 0 aliphatic carbocycles. The Morgan fingerprint density at radius 3 is 2.32 bits per heavy atom. The van der Waals surface area contributed by atoms with Gasteiger partial charge >= 0.3 is 0 Å². The van der Waals surface area contributed by atoms with Gasteiger partial charge in [-0.15, -0.1) is 0 Å². The minimum Gasteiger partial charge on any atom is -0.382 e. The average molecular weight is 293 g/mol. The van der Waals surface area contributed by atoms with Crippen molar-refractivity contribution >= 4 is 28.9 Å². The fourth-order valence-corrected chi connectivity index (χ4v) is 2.01. The van der Waals surface area contributed by atoms with Crippen LogP contribution >= 0.6 is 0 Å². The van der Waals surface area contributed by atoms with Crippen molar-refractivity contribution in [2.75, 3.05) is 16.4 Å². The monoisotopic (exact) mass is 293 g/mol. The molecule has 0 aliphatic heterocycles. The predicted molar refractivity (Wildman–Crippen MR) is 87.1 cm³/mol. The zero-order chi connectivity index (χ0) is 15.4. The van der Waals surface area contributed by atoms with Gasteiger partial charge in [-0.2, -0.15) is 5.10 Å². The molecule has 0 fully saturated rings. The van der Waals surface area contributed by atoms with Crippen LogP contribution < -0.4 is 16.4 Å². The van der Waals surface area contributed by atoms with Gasteiger partial charge in [0, 0.05) is 11.3 Å². The summed E-state index contributed by atoms with van der Waals surface area (Å²) in [6, 6.07) is 18.4. The van der Waals surface area contributed by atoms with Crippen molar-refractivity contribution in [2.45, 2.75) is 0 Å². The van der Waals surface area contributed by atoms with Crippen LogP contribution in [-0.4, -0.2) is 16.1 Å². The fourth-order valence-electron chi connectivity index (χ4n) is 2.01. The van der Waals surface area contributed by atoms with Crippen molar-refractivity contribution in [2.24, 2.45) is 0 Å². The fraction of sp³-hybridized carbons (Fsp3) is 0. The molecule has 5 N–H and O–H groups in total. The first kappa shape index (κ1) is 13.7. The number of nitrogens with zero attached hydrogens (tertiary/aromatic N) is 1. The van der Waals surface area contributed by atoms with Crippen molar-refractivity contribution in [1.29, 1.82) is 0 Å². The number of nitrogens with one attached hydrogen (secondary N) is 3. The molecule has 0 unspecified atom stereocenters. The molecule has 0 saturated carbocycles. The number of carbonyl (C=O) groups excluding carboxylic acids is 1. The van der Waals surface area contributed by atoms with E-state index in [0.29, 0.717) is 22.9 Å². The van der Waals surface area contributed by atoms with Crippen molar-refractivity contribution in [1.82, 2.24) is 10.2 Å². The second kappa shape index (κ2) is 6.01. The number of hydrogen-bond donors (Lipinski definition) is 4. The van der Waals surface area contributed by atoms with Gasteiger partial charge < -0.3 is 16.4 Å². The first-order valence-electron chi connectivity index (χ1n) is 6.76. The van der Waals surface area contributed by atoms with Crippen LogP contribution in [0.2, 0.25) is 0 Å². The third kappa shape index (κ3) is 2.90. The van der Waals surface area contributed by atoms with Crippen LogP contribution in [0.1, 0.15) is 10.4 Å². The molecule has 3 rings (SSSR count). The smallest absolute Gasteiger partial charge is 0.255 e. The molecule has 0 aliphatic rings. The SMILES string of the molecule is Nc1[nH]nc(Nc2ccccc2)c1NC(=O)c1ccccc1. The lowest BCUT2D eigenvalue weighted by molar-refractivity contribution is 0.102. The molecule has 0 bridgehead atoms. The largest absolute Gasteiger partial charge is 0.382 e. The van der Waals surface area contributed by atoms with Gasteiger partial charge in [-0.25, -0.2) is 0 Å². The lowest BCUT2D eigenvalue weighted by atomic mass is 10.2. The highest BCUT2D eigenvalue weighted by Crippen LogP contribution is 2.28. The highest BCUT2D eigenvalue weighted by atomic mass is 16.1. The molecule has 0 radical (unpaired) electrons. The Hall–Kier alpha value is -3.28. The molecule has 22 heavy (non-hydrogen) atoms. The van der Waals surface area contributed by atoms with Gasteiger partial charge in [0.15, 0.2) is 5.82 Å². The van der Waals surface area contributed by atoms with Gasteiger partial charge in [0.05, 0.1) is 0 Å². The summed E-state index contributed by atoms with van der Waals surface area (Å²) in [6.07, 6.45) is 0. The molecule has 1 heterocycles. The third-order valence-corrected chi connectivity index (χ3v) is 3.11. The van der Waals surface area contributed by atoms with E-state index in [4.69, 9.17) is 5.73 Å². The van der Waals surface area contributed by atoms with Gasteiger partial charge in [-0.05, 0) is 24.3 Å². The summed E-state index contributed by atoms with van der Waals surface area (Å²) < 4.78 is 0. The molecule has 1 amide bonds. The summed E-state index contributed by atoms with van der Waals surface area (Å²) in [5.74, 6) is 0.514. The second-order valence-corrected chi connectivity index (χ2v) is 4.67. The molecule has 3 aromatic rings. The maximum absolute atomic E-state index is 12.2. The third-order valence-electron chi connectivity index (χ3n) is 3.11. The van der Waals surface area contributed by atoms with E-state index >= 15 is 0 Å². The summed E-state index contributed by atoms with van der Waals surface area (Å²) >= 11 is 0. The molecule has 6 heteroatoms. The summed E-state index contributed by atoms with van der Waals surface area (Å²) in [5, 5.41) is 12.6. The quantitative estimate of drug-likeness (QED) is 0.594. The van der Waals surface area contributed by atoms with Gasteiger partial charge in [0.2, 0.25) is 0 Å². The molecule has 110 valence electrons. The number of rotatable bonds is 4. The number of H-pyrrole nitrogens is 1. The van der Waals surface area contributed by atoms with E-state index in [1.807, 2.05) is 36.4 Å². The number of benzene rings is 2. The number of carbonyl (C=O) groups is 1. The van der Waals surface area contributed by atoms with Crippen LogP contribution in [0.5, 0.6) is 0 Å². The zero-order valence-corrected chi connectivity index (χ0v) is 11.7. The Bertz CT molecular complexity index is 768. The standard InChI is InChI=1S/C16H15N5O/c17-14-13(19-16(22)11-7-3-1-4-8-11)15(21-20-14)18-12-9-5-2-6-10-12/h1-10H,(H,19,22)(H4,17,18,20,21). The summed E-state index contributed by atoms with van der Waals surface area (Å²) in [7, 11) is 0. The Morgan fingerprint density at radius 1 is 1.00 bits per heavy atom. The molecular weight excluding hydrogens is 278 g/mol. The minimum atomic E-state index is -0.246. The van der Waals surface area contributed by atoms with Crippen LogP contribution in [0.25, 0.3) is 0 Å². The Kier molecular flexibility index (Phi) is 3.74. The lowest BCUT2D eigenvalue weighted by Crippen LogP contribution is -2.13. The molecular formula is C16H15N5O. The van der Waals surface area contributed by atoms with Crippen molar-refractivity contribution in [3.05, 3.63) is 66.2 Å². The van der Waals surface area contributed by atoms with E-state index in [0.717, 1.165) is 5.69 Å². The summed E-state index contributed by atoms with van der Waals surface area (Å²) in [6.45, 7) is 0. The number of hydrogen-bond acceptors (Lipinski definition) is 4. The van der Waals surface area contributed by atoms with Crippen molar-refractivity contribution < 1.29 is 4.79 Å². The zero-order valence-electron chi connectivity index (χ0n) is 11.7. The van der Waals surface area contributed by atoms with E-state index in [9.17, 15) is 4.79 Å². The van der Waals surface area contributed by atoms with E-state index in [1.54, 1.807) is 24.3 Å². The Balaban J connectivity index is 1.82. The van der Waals surface area contributed by atoms with Crippen LogP contribution in [0.4, 0.5) is 23.0 Å². The van der Waals surface area contributed by atoms with Crippen molar-refractivity contribution in [3.8, 4) is 0 Å². The predicted octanol–water partition coefficient (Wildman–Crippen LogP) is 2.99. The van der Waals surface area contributed by atoms with Gasteiger partial charge in [0.25, 0.3) is 5.91 Å². The highest BCUT2D eigenvalue weighted by Gasteiger charge is 2.15. The first-order valence-corrected chi connectivity index (χ1v) is 6.76. The van der Waals surface area contributed by atoms with Crippen LogP contribution in [-0.2, 0) is 0 Å². The van der Waals surface area contributed by atoms with Gasteiger partial charge in [-0.1, -0.05) is 36.4 Å². The number of amides is 1. The average Bonchev–Trinajstić information content (AvgIpc) is 2.90. The second-order valence-electron chi connectivity index (χ2n) is 4.67. The van der Waals surface area contributed by atoms with E-state index in [1.165, 1.54) is 0 Å². The van der Waals surface area contributed by atoms with Crippen LogP contribution in [0.3, 0.4) is 0 Å². The van der Waals surface area contributed by atoms with Crippen molar-refractivity contribution in [3.63, 3.8) is 0 Å². The number of anilines is 4. The highest BCUT2D eigenvalue weighted by molar-refractivity contribution is 6.07. The lowest BCUT2D eigenvalue weighted by Gasteiger charge is -2.08. The number of para-hydroxylation sites is 1. The van der Waals surface area contributed by atoms with Gasteiger partial charge in [-0.3, -0.25) is 9.89 Å². The van der Waals surface area contributed by atoms with Crippen LogP contribution in [0, 0.1) is 0 Å². The molecule has 0 atom stereocenters. The molecule has 0 spiro atoms.